The Morgan fingerprint density at radius 3 is 2.83 bits per heavy atom. The topological polar surface area (TPSA) is 84.0 Å². The number of carbonyl (C=O) groups is 1. The Bertz CT molecular complexity index is 814. The third kappa shape index (κ3) is 3.95. The molecular weight excluding hydrogens is 326 g/mol. The van der Waals surface area contributed by atoms with Crippen molar-refractivity contribution in [1.82, 2.24) is 14.9 Å². The van der Waals surface area contributed by atoms with Crippen LogP contribution in [0, 0.1) is 0 Å². The summed E-state index contributed by atoms with van der Waals surface area (Å²) in [4.78, 5) is 38.8. The molecule has 0 atom stereocenters. The normalized spacial score (nSPS) is 15.2. The molecule has 0 aliphatic heterocycles. The van der Waals surface area contributed by atoms with E-state index in [1.54, 1.807) is 11.4 Å². The van der Waals surface area contributed by atoms with Crippen molar-refractivity contribution in [3.63, 3.8) is 0 Å². The molecule has 1 amide bonds. The summed E-state index contributed by atoms with van der Waals surface area (Å²) >= 11 is 1.34. The summed E-state index contributed by atoms with van der Waals surface area (Å²) in [6.45, 7) is 0.395. The quantitative estimate of drug-likeness (QED) is 0.753. The molecule has 6 nitrogen and oxygen atoms in total. The van der Waals surface area contributed by atoms with E-state index in [2.05, 4.69) is 10.3 Å². The van der Waals surface area contributed by atoms with Gasteiger partial charge in [-0.3, -0.25) is 14.2 Å². The number of thiophene rings is 1. The minimum atomic E-state index is -0.357. The molecule has 2 aromatic heterocycles. The fourth-order valence-corrected chi connectivity index (χ4v) is 4.07. The molecule has 1 saturated carbocycles. The average molecular weight is 349 g/mol. The van der Waals surface area contributed by atoms with E-state index in [0.29, 0.717) is 29.2 Å². The summed E-state index contributed by atoms with van der Waals surface area (Å²) in [5, 5.41) is 4.88. The summed E-state index contributed by atoms with van der Waals surface area (Å²) in [5.41, 5.74) is 0.0300. The van der Waals surface area contributed by atoms with Gasteiger partial charge < -0.3 is 10.3 Å². The van der Waals surface area contributed by atoms with Crippen LogP contribution in [0.25, 0.3) is 10.2 Å². The van der Waals surface area contributed by atoms with Crippen LogP contribution in [-0.2, 0) is 11.3 Å². The Labute approximate surface area is 143 Å². The number of hydrogen-bond donors (Lipinski definition) is 2. The monoisotopic (exact) mass is 349 g/mol. The highest BCUT2D eigenvalue weighted by Crippen LogP contribution is 2.17. The van der Waals surface area contributed by atoms with Crippen LogP contribution in [0.2, 0.25) is 0 Å². The van der Waals surface area contributed by atoms with E-state index in [1.165, 1.54) is 28.7 Å². The third-order valence-corrected chi connectivity index (χ3v) is 5.50. The number of hydrogen-bond acceptors (Lipinski definition) is 4. The largest absolute Gasteiger partial charge is 0.353 e. The van der Waals surface area contributed by atoms with Gasteiger partial charge in [0.25, 0.3) is 5.56 Å². The summed E-state index contributed by atoms with van der Waals surface area (Å²) in [7, 11) is 0. The molecule has 1 fully saturated rings. The molecule has 1 aliphatic rings. The van der Waals surface area contributed by atoms with Crippen molar-refractivity contribution in [2.45, 2.75) is 64.0 Å². The van der Waals surface area contributed by atoms with Gasteiger partial charge in [0.1, 0.15) is 4.70 Å². The van der Waals surface area contributed by atoms with Gasteiger partial charge >= 0.3 is 5.69 Å². The standard InChI is InChI=1S/C17H23N3O3S/c21-14(18-12-6-3-4-7-12)8-2-1-5-10-20-16(22)15-13(9-11-24-15)19-17(20)23/h9,11-12H,1-8,10H2,(H,18,21)(H,19,23). The number of amides is 1. The van der Waals surface area contributed by atoms with Gasteiger partial charge in [-0.25, -0.2) is 4.79 Å². The minimum Gasteiger partial charge on any atom is -0.353 e. The first-order valence-electron chi connectivity index (χ1n) is 8.65. The molecule has 130 valence electrons. The summed E-state index contributed by atoms with van der Waals surface area (Å²) in [5.74, 6) is 0.122. The molecule has 2 aromatic rings. The molecule has 0 radical (unpaired) electrons. The van der Waals surface area contributed by atoms with Crippen LogP contribution in [0.1, 0.15) is 51.4 Å². The number of aromatic nitrogens is 2. The lowest BCUT2D eigenvalue weighted by atomic mass is 10.1. The number of aromatic amines is 1. The highest BCUT2D eigenvalue weighted by molar-refractivity contribution is 7.17. The van der Waals surface area contributed by atoms with Crippen molar-refractivity contribution in [2.75, 3.05) is 0 Å². The van der Waals surface area contributed by atoms with Gasteiger partial charge in [-0.15, -0.1) is 11.3 Å². The minimum absolute atomic E-state index is 0.122. The van der Waals surface area contributed by atoms with E-state index in [0.717, 1.165) is 32.1 Å². The highest BCUT2D eigenvalue weighted by Gasteiger charge is 2.16. The number of rotatable bonds is 7. The van der Waals surface area contributed by atoms with Gasteiger partial charge in [0.2, 0.25) is 5.91 Å². The first kappa shape index (κ1) is 17.0. The molecular formula is C17H23N3O3S. The van der Waals surface area contributed by atoms with E-state index in [9.17, 15) is 14.4 Å². The maximum atomic E-state index is 12.3. The maximum absolute atomic E-state index is 12.3. The average Bonchev–Trinajstić information content (AvgIpc) is 3.21. The molecule has 24 heavy (non-hydrogen) atoms. The molecule has 2 N–H and O–H groups in total. The van der Waals surface area contributed by atoms with Crippen molar-refractivity contribution in [3.8, 4) is 0 Å². The highest BCUT2D eigenvalue weighted by atomic mass is 32.1. The summed E-state index contributed by atoms with van der Waals surface area (Å²) < 4.78 is 1.85. The van der Waals surface area contributed by atoms with Crippen LogP contribution in [0.4, 0.5) is 0 Å². The molecule has 0 saturated heterocycles. The first-order valence-corrected chi connectivity index (χ1v) is 9.53. The van der Waals surface area contributed by atoms with E-state index in [-0.39, 0.29) is 17.2 Å². The zero-order valence-corrected chi connectivity index (χ0v) is 14.5. The molecule has 1 aliphatic carbocycles. The fourth-order valence-electron chi connectivity index (χ4n) is 3.28. The molecule has 7 heteroatoms. The van der Waals surface area contributed by atoms with Crippen molar-refractivity contribution in [2.24, 2.45) is 0 Å². The second-order valence-electron chi connectivity index (χ2n) is 6.41. The van der Waals surface area contributed by atoms with Crippen LogP contribution in [0.15, 0.2) is 21.0 Å². The van der Waals surface area contributed by atoms with Crippen molar-refractivity contribution >= 4 is 27.5 Å². The van der Waals surface area contributed by atoms with E-state index < -0.39 is 0 Å². The van der Waals surface area contributed by atoms with Crippen molar-refractivity contribution in [3.05, 3.63) is 32.3 Å². The van der Waals surface area contributed by atoms with E-state index in [1.807, 2.05) is 0 Å². The second-order valence-corrected chi connectivity index (χ2v) is 7.33. The first-order chi connectivity index (χ1) is 11.6. The summed E-state index contributed by atoms with van der Waals surface area (Å²) in [6, 6.07) is 2.11. The predicted molar refractivity (Wildman–Crippen MR) is 95.6 cm³/mol. The number of nitrogens with one attached hydrogen (secondary N) is 2. The zero-order chi connectivity index (χ0) is 16.9. The SMILES string of the molecule is O=C(CCCCCn1c(=O)[nH]c2ccsc2c1=O)NC1CCCC1. The Morgan fingerprint density at radius 1 is 1.25 bits per heavy atom. The molecule has 0 bridgehead atoms. The van der Waals surface area contributed by atoms with E-state index >= 15 is 0 Å². The van der Waals surface area contributed by atoms with Gasteiger partial charge in [-0.2, -0.15) is 0 Å². The lowest BCUT2D eigenvalue weighted by Crippen LogP contribution is -2.34. The van der Waals surface area contributed by atoms with Crippen LogP contribution >= 0.6 is 11.3 Å². The summed E-state index contributed by atoms with van der Waals surface area (Å²) in [6.07, 6.45) is 7.47. The molecule has 2 heterocycles. The zero-order valence-electron chi connectivity index (χ0n) is 13.7. The number of nitrogens with zero attached hydrogens (tertiary/aromatic N) is 1. The van der Waals surface area contributed by atoms with Gasteiger partial charge in [-0.05, 0) is 37.1 Å². The third-order valence-electron chi connectivity index (χ3n) is 4.60. The van der Waals surface area contributed by atoms with Crippen molar-refractivity contribution in [1.29, 1.82) is 0 Å². The fraction of sp³-hybridized carbons (Fsp3) is 0.588. The number of carbonyl (C=O) groups excluding carboxylic acids is 1. The smallest absolute Gasteiger partial charge is 0.328 e. The predicted octanol–water partition coefficient (Wildman–Crippen LogP) is 2.37. The number of unbranched alkanes of at least 4 members (excludes halogenated alkanes) is 2. The van der Waals surface area contributed by atoms with E-state index in [4.69, 9.17) is 0 Å². The molecule has 0 unspecified atom stereocenters. The maximum Gasteiger partial charge on any atom is 0.328 e. The molecule has 0 aromatic carbocycles. The molecule has 3 rings (SSSR count). The Hall–Kier alpha value is -1.89. The molecule has 0 spiro atoms. The van der Waals surface area contributed by atoms with Crippen LogP contribution in [0.5, 0.6) is 0 Å². The number of fused-ring (bicyclic) bond motifs is 1. The van der Waals surface area contributed by atoms with Crippen LogP contribution in [-0.4, -0.2) is 21.5 Å². The van der Waals surface area contributed by atoms with Gasteiger partial charge in [-0.1, -0.05) is 19.3 Å². The van der Waals surface area contributed by atoms with Gasteiger partial charge in [0.05, 0.1) is 5.52 Å². The van der Waals surface area contributed by atoms with Crippen LogP contribution < -0.4 is 16.6 Å². The Kier molecular flexibility index (Phi) is 5.50. The van der Waals surface area contributed by atoms with Crippen LogP contribution in [0.3, 0.4) is 0 Å². The number of H-pyrrole nitrogens is 1. The van der Waals surface area contributed by atoms with Crippen molar-refractivity contribution < 1.29 is 4.79 Å². The van der Waals surface area contributed by atoms with Gasteiger partial charge in [0, 0.05) is 19.0 Å². The Balaban J connectivity index is 1.44. The second kappa shape index (κ2) is 7.79. The lowest BCUT2D eigenvalue weighted by molar-refractivity contribution is -0.121. The van der Waals surface area contributed by atoms with Gasteiger partial charge in [0.15, 0.2) is 0 Å². The lowest BCUT2D eigenvalue weighted by Gasteiger charge is -2.11. The Morgan fingerprint density at radius 2 is 2.04 bits per heavy atom.